The molecule has 0 amide bonds. The zero-order valence-electron chi connectivity index (χ0n) is 13.1. The standard InChI is InChI=1S/C18H17N3OS.ClH/c19-17-15(23-18(20-17)21-9-3-4-10-21)11-13-8-7-12-5-1-2-6-14(12)16(13)22;/h1-2,5-8,11H,3-4,9-10,19H2;1H/b13-11+;. The van der Waals surface area contributed by atoms with Crippen molar-refractivity contribution in [1.29, 1.82) is 0 Å². The molecule has 0 unspecified atom stereocenters. The van der Waals surface area contributed by atoms with Crippen LogP contribution in [0.2, 0.25) is 0 Å². The Hall–Kier alpha value is -2.11. The minimum atomic E-state index is 0. The summed E-state index contributed by atoms with van der Waals surface area (Å²) in [4.78, 5) is 19.1. The lowest BCUT2D eigenvalue weighted by molar-refractivity contribution is -0.339. The molecule has 4 rings (SSSR count). The number of halogens is 1. The van der Waals surface area contributed by atoms with E-state index in [2.05, 4.69) is 9.88 Å². The molecule has 0 radical (unpaired) electrons. The Morgan fingerprint density at radius 2 is 1.92 bits per heavy atom. The van der Waals surface area contributed by atoms with Crippen LogP contribution in [0.3, 0.4) is 0 Å². The Labute approximate surface area is 151 Å². The summed E-state index contributed by atoms with van der Waals surface area (Å²) in [5.41, 5.74) is 8.51. The molecule has 0 bridgehead atoms. The summed E-state index contributed by atoms with van der Waals surface area (Å²) in [6.45, 7) is 2.14. The van der Waals surface area contributed by atoms with Crippen molar-refractivity contribution >= 4 is 40.2 Å². The van der Waals surface area contributed by atoms with Gasteiger partial charge < -0.3 is 18.1 Å². The van der Waals surface area contributed by atoms with Gasteiger partial charge in [-0.2, -0.15) is 0 Å². The Kier molecular flexibility index (Phi) is 4.73. The molecule has 124 valence electrons. The number of hydrogen-bond acceptors (Lipinski definition) is 4. The number of nitrogens with zero attached hydrogens (tertiary/aromatic N) is 1. The molecule has 6 heteroatoms. The van der Waals surface area contributed by atoms with Crippen LogP contribution < -0.4 is 28.0 Å². The predicted octanol–water partition coefficient (Wildman–Crippen LogP) is 0.0417. The normalized spacial score (nSPS) is 17.9. The van der Waals surface area contributed by atoms with Gasteiger partial charge in [-0.05, 0) is 24.5 Å². The van der Waals surface area contributed by atoms with E-state index in [0.29, 0.717) is 11.4 Å². The van der Waals surface area contributed by atoms with Crippen LogP contribution in [0, 0.1) is 0 Å². The van der Waals surface area contributed by atoms with Crippen LogP contribution in [0.25, 0.3) is 12.2 Å². The molecule has 0 spiro atoms. The lowest BCUT2D eigenvalue weighted by atomic mass is 9.92. The number of rotatable bonds is 2. The molecule has 2 aromatic rings. The number of fused-ring (bicyclic) bond motifs is 1. The van der Waals surface area contributed by atoms with Crippen LogP contribution in [-0.4, -0.2) is 18.9 Å². The number of nitrogens with two attached hydrogens (primary N) is 1. The third-order valence-electron chi connectivity index (χ3n) is 4.30. The molecule has 4 nitrogen and oxygen atoms in total. The van der Waals surface area contributed by atoms with E-state index in [-0.39, 0.29) is 18.2 Å². The molecule has 3 N–H and O–H groups in total. The highest BCUT2D eigenvalue weighted by atomic mass is 35.5. The number of carbonyl (C=O) groups is 1. The SMILES string of the molecule is Nc1[nH+]c(N2CCCC2)sc1/C=C1\C=Cc2ccccc2C1=O.[Cl-]. The van der Waals surface area contributed by atoms with Gasteiger partial charge in [0.2, 0.25) is 5.82 Å². The van der Waals surface area contributed by atoms with Crippen LogP contribution in [-0.2, 0) is 0 Å². The molecular formula is C18H18ClN3OS. The molecule has 0 saturated carbocycles. The minimum Gasteiger partial charge on any atom is -1.00 e. The third kappa shape index (κ3) is 2.97. The number of nitrogens with one attached hydrogen (secondary N) is 1. The highest BCUT2D eigenvalue weighted by Crippen LogP contribution is 2.30. The molecule has 2 aliphatic rings. The van der Waals surface area contributed by atoms with Gasteiger partial charge in [-0.15, -0.1) is 0 Å². The van der Waals surface area contributed by atoms with Gasteiger partial charge in [0.15, 0.2) is 5.78 Å². The van der Waals surface area contributed by atoms with Crippen LogP contribution in [0.4, 0.5) is 10.9 Å². The number of thiazole rings is 1. The van der Waals surface area contributed by atoms with Gasteiger partial charge in [-0.3, -0.25) is 9.69 Å². The molecule has 0 atom stereocenters. The number of carbonyl (C=O) groups excluding carboxylic acids is 1. The number of aromatic amines is 1. The number of H-pyrrole nitrogens is 1. The maximum atomic E-state index is 12.6. The van der Waals surface area contributed by atoms with Gasteiger partial charge in [-0.25, -0.2) is 4.98 Å². The number of nitrogen functional groups attached to an aromatic ring is 1. The molecule has 1 aliphatic carbocycles. The summed E-state index contributed by atoms with van der Waals surface area (Å²) in [6, 6.07) is 7.67. The van der Waals surface area contributed by atoms with E-state index < -0.39 is 0 Å². The fourth-order valence-electron chi connectivity index (χ4n) is 3.05. The number of Topliss-reactive ketones (excluding diaryl/α,β-unsaturated/α-hetero) is 1. The summed E-state index contributed by atoms with van der Waals surface area (Å²) < 4.78 is 0. The van der Waals surface area contributed by atoms with E-state index in [4.69, 9.17) is 5.73 Å². The predicted molar refractivity (Wildman–Crippen MR) is 94.5 cm³/mol. The Morgan fingerprint density at radius 3 is 2.71 bits per heavy atom. The molecule has 1 saturated heterocycles. The lowest BCUT2D eigenvalue weighted by Gasteiger charge is -2.10. The zero-order chi connectivity index (χ0) is 15.8. The Balaban J connectivity index is 0.00000169. The zero-order valence-corrected chi connectivity index (χ0v) is 14.7. The molecular weight excluding hydrogens is 342 g/mol. The van der Waals surface area contributed by atoms with Gasteiger partial charge in [0, 0.05) is 11.1 Å². The molecule has 2 heterocycles. The first kappa shape index (κ1) is 16.7. The summed E-state index contributed by atoms with van der Waals surface area (Å²) in [7, 11) is 0. The second-order valence-electron chi connectivity index (χ2n) is 5.85. The maximum Gasteiger partial charge on any atom is 0.280 e. The molecule has 1 fully saturated rings. The number of aromatic nitrogens is 1. The van der Waals surface area contributed by atoms with Crippen molar-refractivity contribution in [2.75, 3.05) is 23.7 Å². The van der Waals surface area contributed by atoms with E-state index in [0.717, 1.165) is 34.2 Å². The highest BCUT2D eigenvalue weighted by molar-refractivity contribution is 7.16. The van der Waals surface area contributed by atoms with Crippen LogP contribution in [0.1, 0.15) is 33.6 Å². The number of hydrogen-bond donors (Lipinski definition) is 1. The lowest BCUT2D eigenvalue weighted by Crippen LogP contribution is -3.00. The van der Waals surface area contributed by atoms with Crippen molar-refractivity contribution < 1.29 is 22.2 Å². The first-order chi connectivity index (χ1) is 11.2. The quantitative estimate of drug-likeness (QED) is 0.770. The second kappa shape index (κ2) is 6.79. The van der Waals surface area contributed by atoms with Gasteiger partial charge in [0.1, 0.15) is 4.88 Å². The Morgan fingerprint density at radius 1 is 1.17 bits per heavy atom. The fourth-order valence-corrected chi connectivity index (χ4v) is 4.08. The molecule has 1 aromatic heterocycles. The summed E-state index contributed by atoms with van der Waals surface area (Å²) in [5, 5.41) is 1.08. The van der Waals surface area contributed by atoms with Crippen molar-refractivity contribution in [3.05, 3.63) is 51.9 Å². The summed E-state index contributed by atoms with van der Waals surface area (Å²) in [5.74, 6) is 0.683. The Bertz CT molecular complexity index is 835. The monoisotopic (exact) mass is 359 g/mol. The van der Waals surface area contributed by atoms with Crippen LogP contribution in [0.15, 0.2) is 35.9 Å². The van der Waals surface area contributed by atoms with Crippen molar-refractivity contribution in [3.8, 4) is 0 Å². The van der Waals surface area contributed by atoms with Gasteiger partial charge in [-0.1, -0.05) is 47.8 Å². The van der Waals surface area contributed by atoms with E-state index in [9.17, 15) is 4.79 Å². The first-order valence-electron chi connectivity index (χ1n) is 7.82. The largest absolute Gasteiger partial charge is 1.00 e. The van der Waals surface area contributed by atoms with Crippen LogP contribution >= 0.6 is 11.3 Å². The second-order valence-corrected chi connectivity index (χ2v) is 6.88. The van der Waals surface area contributed by atoms with Crippen LogP contribution in [0.5, 0.6) is 0 Å². The van der Waals surface area contributed by atoms with Crippen molar-refractivity contribution in [1.82, 2.24) is 0 Å². The maximum absolute atomic E-state index is 12.6. The van der Waals surface area contributed by atoms with Gasteiger partial charge in [0.05, 0.1) is 13.1 Å². The van der Waals surface area contributed by atoms with Crippen molar-refractivity contribution in [2.24, 2.45) is 0 Å². The average molecular weight is 360 g/mol. The van der Waals surface area contributed by atoms with Gasteiger partial charge in [0.25, 0.3) is 5.13 Å². The number of benzene rings is 1. The van der Waals surface area contributed by atoms with Crippen molar-refractivity contribution in [2.45, 2.75) is 12.8 Å². The summed E-state index contributed by atoms with van der Waals surface area (Å²) in [6.07, 6.45) is 8.20. The topological polar surface area (TPSA) is 60.5 Å². The van der Waals surface area contributed by atoms with E-state index in [1.54, 1.807) is 11.3 Å². The first-order valence-corrected chi connectivity index (χ1v) is 8.64. The fraction of sp³-hybridized carbons (Fsp3) is 0.222. The van der Waals surface area contributed by atoms with E-state index >= 15 is 0 Å². The smallest absolute Gasteiger partial charge is 0.280 e. The number of anilines is 2. The van der Waals surface area contributed by atoms with E-state index in [1.807, 2.05) is 42.5 Å². The molecule has 24 heavy (non-hydrogen) atoms. The van der Waals surface area contributed by atoms with Crippen molar-refractivity contribution in [3.63, 3.8) is 0 Å². The number of ketones is 1. The minimum absolute atomic E-state index is 0. The van der Waals surface area contributed by atoms with Gasteiger partial charge >= 0.3 is 0 Å². The number of allylic oxidation sites excluding steroid dienone is 2. The molecule has 1 aromatic carbocycles. The summed E-state index contributed by atoms with van der Waals surface area (Å²) >= 11 is 1.62. The van der Waals surface area contributed by atoms with E-state index in [1.165, 1.54) is 12.8 Å². The average Bonchev–Trinajstić information content (AvgIpc) is 3.21. The third-order valence-corrected chi connectivity index (χ3v) is 5.41. The highest BCUT2D eigenvalue weighted by Gasteiger charge is 2.23. The molecule has 1 aliphatic heterocycles.